The largest absolute Gasteiger partial charge is 0.270 e. The van der Waals surface area contributed by atoms with Crippen molar-refractivity contribution in [2.45, 2.75) is 6.92 Å². The first-order valence-electron chi connectivity index (χ1n) is 4.68. The molecule has 16 heavy (non-hydrogen) atoms. The highest BCUT2D eigenvalue weighted by molar-refractivity contribution is 5.60. The Morgan fingerprint density at radius 3 is 2.69 bits per heavy atom. The normalized spacial score (nSPS) is 10.4. The highest BCUT2D eigenvalue weighted by Crippen LogP contribution is 2.22. The molecule has 0 atom stereocenters. The Bertz CT molecular complexity index is 548. The average molecular weight is 218 g/mol. The van der Waals surface area contributed by atoms with E-state index in [0.717, 1.165) is 5.56 Å². The zero-order chi connectivity index (χ0) is 11.7. The molecule has 2 aromatic rings. The lowest BCUT2D eigenvalue weighted by molar-refractivity contribution is -0.384. The van der Waals surface area contributed by atoms with Gasteiger partial charge in [0.05, 0.1) is 4.92 Å². The molecule has 0 fully saturated rings. The molecule has 0 aliphatic carbocycles. The third kappa shape index (κ3) is 1.90. The van der Waals surface area contributed by atoms with Crippen molar-refractivity contribution < 1.29 is 4.92 Å². The van der Waals surface area contributed by atoms with Gasteiger partial charge in [-0.1, -0.05) is 0 Å². The van der Waals surface area contributed by atoms with Crippen LogP contribution in [-0.4, -0.2) is 19.7 Å². The van der Waals surface area contributed by atoms with Crippen LogP contribution in [0.25, 0.3) is 11.4 Å². The van der Waals surface area contributed by atoms with Crippen molar-refractivity contribution >= 4 is 5.69 Å². The van der Waals surface area contributed by atoms with Gasteiger partial charge in [0.25, 0.3) is 5.69 Å². The summed E-state index contributed by atoms with van der Waals surface area (Å²) in [6, 6.07) is 4.82. The maximum Gasteiger partial charge on any atom is 0.270 e. The summed E-state index contributed by atoms with van der Waals surface area (Å²) in [5.74, 6) is 0.495. The molecule has 0 amide bonds. The monoisotopic (exact) mass is 218 g/mol. The van der Waals surface area contributed by atoms with Crippen LogP contribution in [0.4, 0.5) is 5.69 Å². The van der Waals surface area contributed by atoms with E-state index >= 15 is 0 Å². The van der Waals surface area contributed by atoms with Crippen LogP contribution in [0.1, 0.15) is 5.56 Å². The lowest BCUT2D eigenvalue weighted by atomic mass is 10.1. The van der Waals surface area contributed by atoms with E-state index in [1.54, 1.807) is 25.0 Å². The summed E-state index contributed by atoms with van der Waals surface area (Å²) in [6.07, 6.45) is 1.56. The summed E-state index contributed by atoms with van der Waals surface area (Å²) < 4.78 is 1.56. The molecule has 0 N–H and O–H groups in total. The molecule has 82 valence electrons. The molecule has 0 radical (unpaired) electrons. The second-order valence-corrected chi connectivity index (χ2v) is 3.56. The van der Waals surface area contributed by atoms with Gasteiger partial charge in [0, 0.05) is 24.7 Å². The van der Waals surface area contributed by atoms with Gasteiger partial charge in [0.1, 0.15) is 6.33 Å². The van der Waals surface area contributed by atoms with Crippen LogP contribution in [0.2, 0.25) is 0 Å². The van der Waals surface area contributed by atoms with Crippen molar-refractivity contribution in [3.8, 4) is 11.4 Å². The predicted molar refractivity (Wildman–Crippen MR) is 57.8 cm³/mol. The standard InChI is InChI=1S/C10H10N4O2/c1-7-3-8(5-9(4-7)14(15)16)10-11-6-13(2)12-10/h3-6H,1-2H3. The first-order valence-corrected chi connectivity index (χ1v) is 4.68. The highest BCUT2D eigenvalue weighted by Gasteiger charge is 2.11. The minimum absolute atomic E-state index is 0.0578. The van der Waals surface area contributed by atoms with Gasteiger partial charge in [0.2, 0.25) is 0 Å². The van der Waals surface area contributed by atoms with Gasteiger partial charge in [-0.2, -0.15) is 5.10 Å². The minimum atomic E-state index is -0.417. The number of aromatic nitrogens is 3. The van der Waals surface area contributed by atoms with Crippen LogP contribution in [0.5, 0.6) is 0 Å². The van der Waals surface area contributed by atoms with Crippen molar-refractivity contribution in [1.82, 2.24) is 14.8 Å². The van der Waals surface area contributed by atoms with Gasteiger partial charge in [-0.15, -0.1) is 0 Å². The molecule has 0 aliphatic heterocycles. The molecular formula is C10H10N4O2. The van der Waals surface area contributed by atoms with Crippen molar-refractivity contribution in [3.05, 3.63) is 40.2 Å². The Balaban J connectivity index is 2.53. The summed E-state index contributed by atoms with van der Waals surface area (Å²) >= 11 is 0. The molecule has 6 nitrogen and oxygen atoms in total. The molecule has 0 aliphatic rings. The Morgan fingerprint density at radius 2 is 2.12 bits per heavy atom. The summed E-state index contributed by atoms with van der Waals surface area (Å²) in [4.78, 5) is 14.3. The van der Waals surface area contributed by atoms with Crippen LogP contribution in [0.3, 0.4) is 0 Å². The molecule has 0 saturated heterocycles. The molecule has 0 spiro atoms. The van der Waals surface area contributed by atoms with Crippen molar-refractivity contribution in [2.24, 2.45) is 7.05 Å². The second kappa shape index (κ2) is 3.73. The zero-order valence-electron chi connectivity index (χ0n) is 8.91. The van der Waals surface area contributed by atoms with E-state index in [9.17, 15) is 10.1 Å². The number of hydrogen-bond donors (Lipinski definition) is 0. The summed E-state index contributed by atoms with van der Waals surface area (Å²) in [5, 5.41) is 14.8. The average Bonchev–Trinajstić information content (AvgIpc) is 2.64. The van der Waals surface area contributed by atoms with Gasteiger partial charge in [-0.25, -0.2) is 4.98 Å². The lowest BCUT2D eigenvalue weighted by Crippen LogP contribution is -1.92. The van der Waals surface area contributed by atoms with Crippen molar-refractivity contribution in [2.75, 3.05) is 0 Å². The first-order chi connectivity index (χ1) is 7.56. The molecule has 1 aromatic heterocycles. The number of benzene rings is 1. The van der Waals surface area contributed by atoms with E-state index < -0.39 is 4.92 Å². The van der Waals surface area contributed by atoms with E-state index in [-0.39, 0.29) is 5.69 Å². The molecule has 0 saturated carbocycles. The van der Waals surface area contributed by atoms with Gasteiger partial charge in [0.15, 0.2) is 5.82 Å². The topological polar surface area (TPSA) is 73.8 Å². The Hall–Kier alpha value is -2.24. The number of aryl methyl sites for hydroxylation is 2. The van der Waals surface area contributed by atoms with Gasteiger partial charge < -0.3 is 0 Å². The number of nitro benzene ring substituents is 1. The Morgan fingerprint density at radius 1 is 1.38 bits per heavy atom. The number of nitrogens with zero attached hydrogens (tertiary/aromatic N) is 4. The number of hydrogen-bond acceptors (Lipinski definition) is 4. The summed E-state index contributed by atoms with van der Waals surface area (Å²) in [7, 11) is 1.75. The Kier molecular flexibility index (Phi) is 2.40. The molecule has 2 rings (SSSR count). The fraction of sp³-hybridized carbons (Fsp3) is 0.200. The number of rotatable bonds is 2. The molecule has 1 heterocycles. The van der Waals surface area contributed by atoms with Crippen LogP contribution >= 0.6 is 0 Å². The van der Waals surface area contributed by atoms with Gasteiger partial charge in [-0.3, -0.25) is 14.8 Å². The summed E-state index contributed by atoms with van der Waals surface area (Å²) in [6.45, 7) is 1.80. The van der Waals surface area contributed by atoms with E-state index in [1.165, 1.54) is 12.1 Å². The Labute approximate surface area is 91.7 Å². The number of non-ortho nitro benzene ring substituents is 1. The maximum atomic E-state index is 10.7. The second-order valence-electron chi connectivity index (χ2n) is 3.56. The van der Waals surface area contributed by atoms with Crippen LogP contribution in [-0.2, 0) is 7.05 Å². The van der Waals surface area contributed by atoms with Crippen molar-refractivity contribution in [1.29, 1.82) is 0 Å². The van der Waals surface area contributed by atoms with E-state index in [0.29, 0.717) is 11.4 Å². The third-order valence-electron chi connectivity index (χ3n) is 2.13. The fourth-order valence-corrected chi connectivity index (χ4v) is 1.47. The lowest BCUT2D eigenvalue weighted by Gasteiger charge is -1.98. The fourth-order valence-electron chi connectivity index (χ4n) is 1.47. The number of nitro groups is 1. The molecular weight excluding hydrogens is 208 g/mol. The molecule has 0 unspecified atom stereocenters. The van der Waals surface area contributed by atoms with E-state index in [1.807, 2.05) is 6.07 Å². The first kappa shape index (κ1) is 10.3. The summed E-state index contributed by atoms with van der Waals surface area (Å²) in [5.41, 5.74) is 1.53. The predicted octanol–water partition coefficient (Wildman–Crippen LogP) is 1.70. The smallest absolute Gasteiger partial charge is 0.258 e. The van der Waals surface area contributed by atoms with Crippen LogP contribution < -0.4 is 0 Å². The third-order valence-corrected chi connectivity index (χ3v) is 2.13. The van der Waals surface area contributed by atoms with Crippen LogP contribution in [0.15, 0.2) is 24.5 Å². The molecule has 0 bridgehead atoms. The molecule has 1 aromatic carbocycles. The minimum Gasteiger partial charge on any atom is -0.258 e. The SMILES string of the molecule is Cc1cc(-c2ncn(C)n2)cc([N+](=O)[O-])c1. The quantitative estimate of drug-likeness (QED) is 0.568. The van der Waals surface area contributed by atoms with Gasteiger partial charge >= 0.3 is 0 Å². The zero-order valence-corrected chi connectivity index (χ0v) is 8.91. The van der Waals surface area contributed by atoms with Crippen molar-refractivity contribution in [3.63, 3.8) is 0 Å². The van der Waals surface area contributed by atoms with E-state index in [4.69, 9.17) is 0 Å². The van der Waals surface area contributed by atoms with E-state index in [2.05, 4.69) is 10.1 Å². The maximum absolute atomic E-state index is 10.7. The van der Waals surface area contributed by atoms with Gasteiger partial charge in [-0.05, 0) is 18.6 Å². The van der Waals surface area contributed by atoms with Crippen LogP contribution in [0, 0.1) is 17.0 Å². The molecule has 6 heteroatoms. The highest BCUT2D eigenvalue weighted by atomic mass is 16.6.